The first-order valence-electron chi connectivity index (χ1n) is 6.71. The number of hydrogen-bond acceptors (Lipinski definition) is 2. The molecule has 0 spiro atoms. The zero-order valence-electron chi connectivity index (χ0n) is 11.1. The first-order valence-corrected chi connectivity index (χ1v) is 8.55. The Hall–Kier alpha value is -0.680. The lowest BCUT2D eigenvalue weighted by Crippen LogP contribution is -2.34. The highest BCUT2D eigenvalue weighted by Gasteiger charge is 2.52. The molecular formula is C15H15Br2NO2. The lowest BCUT2D eigenvalue weighted by molar-refractivity contribution is -0.122. The molecule has 1 aromatic rings. The third-order valence-electron chi connectivity index (χ3n) is 4.17. The number of hydrogen-bond donors (Lipinski definition) is 0. The molecule has 1 aliphatic heterocycles. The highest BCUT2D eigenvalue weighted by Crippen LogP contribution is 2.44. The van der Waals surface area contributed by atoms with Gasteiger partial charge in [0.15, 0.2) is 0 Å². The van der Waals surface area contributed by atoms with Gasteiger partial charge >= 0.3 is 0 Å². The molecule has 106 valence electrons. The zero-order valence-corrected chi connectivity index (χ0v) is 14.2. The van der Waals surface area contributed by atoms with Crippen molar-refractivity contribution in [3.8, 4) is 0 Å². The van der Waals surface area contributed by atoms with Crippen LogP contribution < -0.4 is 4.90 Å². The van der Waals surface area contributed by atoms with Gasteiger partial charge in [-0.3, -0.25) is 14.5 Å². The van der Waals surface area contributed by atoms with Gasteiger partial charge in [-0.05, 0) is 37.5 Å². The molecule has 20 heavy (non-hydrogen) atoms. The van der Waals surface area contributed by atoms with Gasteiger partial charge < -0.3 is 0 Å². The van der Waals surface area contributed by atoms with Crippen molar-refractivity contribution >= 4 is 49.4 Å². The van der Waals surface area contributed by atoms with Crippen LogP contribution in [-0.4, -0.2) is 21.5 Å². The maximum atomic E-state index is 12.6. The van der Waals surface area contributed by atoms with E-state index in [-0.39, 0.29) is 33.3 Å². The Morgan fingerprint density at radius 1 is 1.05 bits per heavy atom. The Kier molecular flexibility index (Phi) is 3.75. The van der Waals surface area contributed by atoms with Crippen LogP contribution in [0.15, 0.2) is 24.3 Å². The predicted molar refractivity (Wildman–Crippen MR) is 85.3 cm³/mol. The van der Waals surface area contributed by atoms with Crippen LogP contribution in [0.25, 0.3) is 0 Å². The van der Waals surface area contributed by atoms with Gasteiger partial charge in [0.05, 0.1) is 17.5 Å². The number of nitrogens with zero attached hydrogens (tertiary/aromatic N) is 1. The Labute approximate surface area is 135 Å². The SMILES string of the molecule is Cc1cccc(N2C(=O)[C@H]3C[C@@H](Br)[C@@H](Br)C[C@@H]3C2=O)c1. The summed E-state index contributed by atoms with van der Waals surface area (Å²) in [7, 11) is 0. The van der Waals surface area contributed by atoms with Gasteiger partial charge in [-0.15, -0.1) is 0 Å². The van der Waals surface area contributed by atoms with E-state index in [1.54, 1.807) is 0 Å². The third kappa shape index (κ3) is 2.25. The summed E-state index contributed by atoms with van der Waals surface area (Å²) in [5.74, 6) is -0.453. The topological polar surface area (TPSA) is 37.4 Å². The molecule has 4 atom stereocenters. The van der Waals surface area contributed by atoms with Gasteiger partial charge in [-0.25, -0.2) is 0 Å². The van der Waals surface area contributed by atoms with Crippen molar-refractivity contribution in [2.75, 3.05) is 4.90 Å². The molecule has 0 N–H and O–H groups in total. The van der Waals surface area contributed by atoms with E-state index in [0.29, 0.717) is 18.5 Å². The zero-order chi connectivity index (χ0) is 14.4. The van der Waals surface area contributed by atoms with Crippen molar-refractivity contribution in [1.82, 2.24) is 0 Å². The van der Waals surface area contributed by atoms with Crippen LogP contribution in [0.5, 0.6) is 0 Å². The molecule has 1 saturated heterocycles. The number of halogens is 2. The molecule has 1 saturated carbocycles. The Morgan fingerprint density at radius 2 is 1.60 bits per heavy atom. The van der Waals surface area contributed by atoms with Crippen molar-refractivity contribution in [3.05, 3.63) is 29.8 Å². The molecule has 2 aliphatic rings. The number of benzene rings is 1. The highest BCUT2D eigenvalue weighted by molar-refractivity contribution is 9.12. The number of fused-ring (bicyclic) bond motifs is 1. The van der Waals surface area contributed by atoms with Crippen molar-refractivity contribution in [3.63, 3.8) is 0 Å². The number of aryl methyl sites for hydroxylation is 1. The number of carbonyl (C=O) groups excluding carboxylic acids is 2. The minimum absolute atomic E-state index is 0.0468. The standard InChI is InChI=1S/C15H15Br2NO2/c1-8-3-2-4-9(5-8)18-14(19)10-6-12(16)13(17)7-11(10)15(18)20/h2-5,10-13H,6-7H2,1H3/t10-,11-,12-,13+/m0/s1. The summed E-state index contributed by atoms with van der Waals surface area (Å²) in [5.41, 5.74) is 1.75. The van der Waals surface area contributed by atoms with E-state index in [2.05, 4.69) is 31.9 Å². The molecule has 1 aliphatic carbocycles. The van der Waals surface area contributed by atoms with Crippen LogP contribution in [0.2, 0.25) is 0 Å². The van der Waals surface area contributed by atoms with Gasteiger partial charge in [-0.1, -0.05) is 44.0 Å². The van der Waals surface area contributed by atoms with E-state index in [9.17, 15) is 9.59 Å². The van der Waals surface area contributed by atoms with Crippen LogP contribution in [0.1, 0.15) is 18.4 Å². The average Bonchev–Trinajstić information content (AvgIpc) is 2.63. The molecular weight excluding hydrogens is 386 g/mol. The summed E-state index contributed by atoms with van der Waals surface area (Å²) in [5, 5.41) is 0. The molecule has 0 unspecified atom stereocenters. The van der Waals surface area contributed by atoms with E-state index in [1.807, 2.05) is 31.2 Å². The molecule has 1 heterocycles. The summed E-state index contributed by atoms with van der Waals surface area (Å²) in [4.78, 5) is 27.0. The van der Waals surface area contributed by atoms with Crippen LogP contribution in [0.4, 0.5) is 5.69 Å². The summed E-state index contributed by atoms with van der Waals surface area (Å²) < 4.78 is 0. The quantitative estimate of drug-likeness (QED) is 0.535. The molecule has 3 nitrogen and oxygen atoms in total. The highest BCUT2D eigenvalue weighted by atomic mass is 79.9. The fraction of sp³-hybridized carbons (Fsp3) is 0.467. The summed E-state index contributed by atoms with van der Waals surface area (Å²) in [6, 6.07) is 7.57. The molecule has 0 bridgehead atoms. The predicted octanol–water partition coefficient (Wildman–Crippen LogP) is 3.42. The molecule has 5 heteroatoms. The minimum atomic E-state index is -0.179. The maximum Gasteiger partial charge on any atom is 0.237 e. The van der Waals surface area contributed by atoms with Crippen LogP contribution in [0.3, 0.4) is 0 Å². The normalized spacial score (nSPS) is 33.5. The second-order valence-electron chi connectivity index (χ2n) is 5.57. The molecule has 2 fully saturated rings. The van der Waals surface area contributed by atoms with E-state index in [1.165, 1.54) is 4.90 Å². The van der Waals surface area contributed by atoms with E-state index in [4.69, 9.17) is 0 Å². The van der Waals surface area contributed by atoms with Gasteiger partial charge in [-0.2, -0.15) is 0 Å². The van der Waals surface area contributed by atoms with Gasteiger partial charge in [0.25, 0.3) is 0 Å². The molecule has 3 rings (SSSR count). The van der Waals surface area contributed by atoms with Crippen molar-refractivity contribution in [2.45, 2.75) is 29.4 Å². The average molecular weight is 401 g/mol. The minimum Gasteiger partial charge on any atom is -0.274 e. The fourth-order valence-corrected chi connectivity index (χ4v) is 4.35. The van der Waals surface area contributed by atoms with Crippen LogP contribution in [0, 0.1) is 18.8 Å². The summed E-state index contributed by atoms with van der Waals surface area (Å²) in [6.45, 7) is 1.96. The molecule has 2 amide bonds. The van der Waals surface area contributed by atoms with Gasteiger partial charge in [0.2, 0.25) is 11.8 Å². The smallest absolute Gasteiger partial charge is 0.237 e. The van der Waals surface area contributed by atoms with Crippen molar-refractivity contribution in [2.24, 2.45) is 11.8 Å². The Morgan fingerprint density at radius 3 is 2.10 bits per heavy atom. The van der Waals surface area contributed by atoms with E-state index in [0.717, 1.165) is 5.56 Å². The summed E-state index contributed by atoms with van der Waals surface area (Å²) >= 11 is 7.19. The maximum absolute atomic E-state index is 12.6. The Balaban J connectivity index is 1.95. The van der Waals surface area contributed by atoms with Crippen LogP contribution in [-0.2, 0) is 9.59 Å². The van der Waals surface area contributed by atoms with Gasteiger partial charge in [0, 0.05) is 9.65 Å². The largest absolute Gasteiger partial charge is 0.274 e. The fourth-order valence-electron chi connectivity index (χ4n) is 3.12. The first kappa shape index (κ1) is 14.3. The Bertz CT molecular complexity index is 547. The lowest BCUT2D eigenvalue weighted by atomic mass is 9.81. The second-order valence-corrected chi connectivity index (χ2v) is 7.92. The lowest BCUT2D eigenvalue weighted by Gasteiger charge is -2.29. The van der Waals surface area contributed by atoms with Gasteiger partial charge in [0.1, 0.15) is 0 Å². The molecule has 0 radical (unpaired) electrons. The van der Waals surface area contributed by atoms with Crippen molar-refractivity contribution < 1.29 is 9.59 Å². The summed E-state index contributed by atoms with van der Waals surface area (Å²) in [6.07, 6.45) is 1.43. The van der Waals surface area contributed by atoms with E-state index >= 15 is 0 Å². The second kappa shape index (κ2) is 5.26. The van der Waals surface area contributed by atoms with Crippen molar-refractivity contribution in [1.29, 1.82) is 0 Å². The molecule has 1 aromatic carbocycles. The number of amides is 2. The third-order valence-corrected chi connectivity index (χ3v) is 6.90. The first-order chi connectivity index (χ1) is 9.49. The monoisotopic (exact) mass is 399 g/mol. The number of carbonyl (C=O) groups is 2. The number of alkyl halides is 2. The number of anilines is 1. The number of imide groups is 1. The van der Waals surface area contributed by atoms with Crippen LogP contribution >= 0.6 is 31.9 Å². The number of rotatable bonds is 1. The molecule has 0 aromatic heterocycles. The van der Waals surface area contributed by atoms with E-state index < -0.39 is 0 Å².